The highest BCUT2D eigenvalue weighted by Crippen LogP contribution is 2.13. The molecule has 0 saturated carbocycles. The van der Waals surface area contributed by atoms with Crippen molar-refractivity contribution in [2.45, 2.75) is 25.7 Å². The zero-order valence-electron chi connectivity index (χ0n) is 12.4. The summed E-state index contributed by atoms with van der Waals surface area (Å²) < 4.78 is 26.1. The van der Waals surface area contributed by atoms with Crippen LogP contribution in [0.1, 0.15) is 36.0 Å². The zero-order valence-corrected chi connectivity index (χ0v) is 14.0. The average Bonchev–Trinajstić information content (AvgIpc) is 2.76. The summed E-state index contributed by atoms with van der Waals surface area (Å²) in [5.74, 6) is -0.382. The molecule has 1 aromatic carbocycles. The SMILES string of the molecule is O=C(NCCS(=O)(=O)N1CCCCCC1)c1cccc(Cl)c1. The van der Waals surface area contributed by atoms with Crippen LogP contribution >= 0.6 is 11.6 Å². The zero-order chi connectivity index (χ0) is 16.0. The predicted molar refractivity (Wildman–Crippen MR) is 87.6 cm³/mol. The molecule has 1 N–H and O–H groups in total. The van der Waals surface area contributed by atoms with Crippen molar-refractivity contribution in [3.63, 3.8) is 0 Å². The number of amides is 1. The second-order valence-electron chi connectivity index (χ2n) is 5.40. The fourth-order valence-corrected chi connectivity index (χ4v) is 4.10. The first-order valence-electron chi connectivity index (χ1n) is 7.51. The van der Waals surface area contributed by atoms with Gasteiger partial charge in [-0.3, -0.25) is 4.79 Å². The van der Waals surface area contributed by atoms with E-state index in [2.05, 4.69) is 5.32 Å². The predicted octanol–water partition coefficient (Wildman–Crippen LogP) is 2.28. The molecule has 1 aliphatic heterocycles. The monoisotopic (exact) mass is 344 g/mol. The standard InChI is InChI=1S/C15H21ClN2O3S/c16-14-7-5-6-13(12-14)15(19)17-8-11-22(20,21)18-9-3-1-2-4-10-18/h5-7,12H,1-4,8-11H2,(H,17,19). The maximum atomic E-state index is 12.3. The molecule has 5 nitrogen and oxygen atoms in total. The summed E-state index contributed by atoms with van der Waals surface area (Å²) in [6, 6.07) is 6.57. The van der Waals surface area contributed by atoms with Gasteiger partial charge >= 0.3 is 0 Å². The molecule has 1 aliphatic rings. The van der Waals surface area contributed by atoms with Crippen molar-refractivity contribution in [1.82, 2.24) is 9.62 Å². The van der Waals surface area contributed by atoms with E-state index in [1.54, 1.807) is 28.6 Å². The highest BCUT2D eigenvalue weighted by atomic mass is 35.5. The summed E-state index contributed by atoms with van der Waals surface area (Å²) in [6.45, 7) is 1.28. The van der Waals surface area contributed by atoms with Crippen LogP contribution < -0.4 is 5.32 Å². The molecular formula is C15H21ClN2O3S. The lowest BCUT2D eigenvalue weighted by Crippen LogP contribution is -2.38. The highest BCUT2D eigenvalue weighted by molar-refractivity contribution is 7.89. The summed E-state index contributed by atoms with van der Waals surface area (Å²) >= 11 is 5.83. The molecule has 0 aromatic heterocycles. The lowest BCUT2D eigenvalue weighted by atomic mass is 10.2. The molecule has 0 unspecified atom stereocenters. The number of hydrogen-bond donors (Lipinski definition) is 1. The van der Waals surface area contributed by atoms with E-state index in [4.69, 9.17) is 11.6 Å². The van der Waals surface area contributed by atoms with E-state index in [1.807, 2.05) is 0 Å². The fourth-order valence-electron chi connectivity index (χ4n) is 2.47. The maximum absolute atomic E-state index is 12.3. The van der Waals surface area contributed by atoms with Gasteiger partial charge in [0.2, 0.25) is 10.0 Å². The fraction of sp³-hybridized carbons (Fsp3) is 0.533. The van der Waals surface area contributed by atoms with E-state index in [9.17, 15) is 13.2 Å². The van der Waals surface area contributed by atoms with E-state index >= 15 is 0 Å². The summed E-state index contributed by atoms with van der Waals surface area (Å²) in [6.07, 6.45) is 3.98. The number of carbonyl (C=O) groups is 1. The Morgan fingerprint density at radius 3 is 2.50 bits per heavy atom. The van der Waals surface area contributed by atoms with Crippen LogP contribution in [0.25, 0.3) is 0 Å². The molecule has 0 spiro atoms. The maximum Gasteiger partial charge on any atom is 0.251 e. The molecule has 0 radical (unpaired) electrons. The first-order chi connectivity index (χ1) is 10.5. The van der Waals surface area contributed by atoms with Gasteiger partial charge in [0.05, 0.1) is 5.75 Å². The van der Waals surface area contributed by atoms with Crippen molar-refractivity contribution in [3.05, 3.63) is 34.9 Å². The van der Waals surface area contributed by atoms with Crippen LogP contribution in [0.2, 0.25) is 5.02 Å². The van der Waals surface area contributed by atoms with Gasteiger partial charge in [0, 0.05) is 30.2 Å². The minimum atomic E-state index is -3.30. The third kappa shape index (κ3) is 4.97. The van der Waals surface area contributed by atoms with Crippen LogP contribution in [0.3, 0.4) is 0 Å². The Morgan fingerprint density at radius 2 is 1.86 bits per heavy atom. The van der Waals surface area contributed by atoms with Crippen molar-refractivity contribution in [3.8, 4) is 0 Å². The average molecular weight is 345 g/mol. The van der Waals surface area contributed by atoms with E-state index in [0.29, 0.717) is 23.7 Å². The van der Waals surface area contributed by atoms with Gasteiger partial charge in [-0.25, -0.2) is 12.7 Å². The molecule has 0 bridgehead atoms. The van der Waals surface area contributed by atoms with E-state index in [-0.39, 0.29) is 18.2 Å². The van der Waals surface area contributed by atoms with Crippen molar-refractivity contribution in [2.24, 2.45) is 0 Å². The smallest absolute Gasteiger partial charge is 0.251 e. The van der Waals surface area contributed by atoms with Crippen molar-refractivity contribution in [2.75, 3.05) is 25.4 Å². The Kier molecular flexibility index (Phi) is 6.23. The lowest BCUT2D eigenvalue weighted by Gasteiger charge is -2.19. The topological polar surface area (TPSA) is 66.5 Å². The van der Waals surface area contributed by atoms with Crippen molar-refractivity contribution in [1.29, 1.82) is 0 Å². The van der Waals surface area contributed by atoms with Crippen LogP contribution in [0.4, 0.5) is 0 Å². The van der Waals surface area contributed by atoms with E-state index < -0.39 is 10.0 Å². The van der Waals surface area contributed by atoms with Gasteiger partial charge in [0.25, 0.3) is 5.91 Å². The molecule has 1 heterocycles. The largest absolute Gasteiger partial charge is 0.351 e. The van der Waals surface area contributed by atoms with Gasteiger partial charge in [-0.15, -0.1) is 0 Å². The quantitative estimate of drug-likeness (QED) is 0.891. The minimum absolute atomic E-state index is 0.0701. The van der Waals surface area contributed by atoms with Gasteiger partial charge < -0.3 is 5.32 Å². The second kappa shape index (κ2) is 7.94. The van der Waals surface area contributed by atoms with Crippen LogP contribution in [0.15, 0.2) is 24.3 Å². The number of carbonyl (C=O) groups excluding carboxylic acids is 1. The molecule has 7 heteroatoms. The molecule has 2 rings (SSSR count). The van der Waals surface area contributed by atoms with Crippen molar-refractivity contribution < 1.29 is 13.2 Å². The molecule has 1 saturated heterocycles. The Labute approximate surface area is 136 Å². The Balaban J connectivity index is 1.85. The van der Waals surface area contributed by atoms with E-state index in [1.165, 1.54) is 0 Å². The minimum Gasteiger partial charge on any atom is -0.351 e. The summed E-state index contributed by atoms with van der Waals surface area (Å²) in [4.78, 5) is 11.9. The highest BCUT2D eigenvalue weighted by Gasteiger charge is 2.22. The Bertz CT molecular complexity index is 611. The number of nitrogens with zero attached hydrogens (tertiary/aromatic N) is 1. The third-order valence-electron chi connectivity index (χ3n) is 3.69. The number of benzene rings is 1. The third-order valence-corrected chi connectivity index (χ3v) is 5.80. The normalized spacial score (nSPS) is 17.0. The summed E-state index contributed by atoms with van der Waals surface area (Å²) in [5, 5.41) is 3.11. The molecule has 1 fully saturated rings. The van der Waals surface area contributed by atoms with Gasteiger partial charge in [-0.1, -0.05) is 30.5 Å². The lowest BCUT2D eigenvalue weighted by molar-refractivity contribution is 0.0956. The van der Waals surface area contributed by atoms with Crippen LogP contribution in [-0.2, 0) is 10.0 Å². The Morgan fingerprint density at radius 1 is 1.18 bits per heavy atom. The molecule has 1 aromatic rings. The molecular weight excluding hydrogens is 324 g/mol. The Hall–Kier alpha value is -1.11. The van der Waals surface area contributed by atoms with Crippen LogP contribution in [-0.4, -0.2) is 44.0 Å². The van der Waals surface area contributed by atoms with Crippen molar-refractivity contribution >= 4 is 27.5 Å². The molecule has 1 amide bonds. The van der Waals surface area contributed by atoms with Gasteiger partial charge in [0.15, 0.2) is 0 Å². The molecule has 22 heavy (non-hydrogen) atoms. The van der Waals surface area contributed by atoms with E-state index in [0.717, 1.165) is 25.7 Å². The molecule has 122 valence electrons. The van der Waals surface area contributed by atoms with Gasteiger partial charge in [-0.2, -0.15) is 0 Å². The first-order valence-corrected chi connectivity index (χ1v) is 9.49. The summed E-state index contributed by atoms with van der Waals surface area (Å²) in [5.41, 5.74) is 0.430. The van der Waals surface area contributed by atoms with Gasteiger partial charge in [0.1, 0.15) is 0 Å². The second-order valence-corrected chi connectivity index (χ2v) is 7.92. The number of sulfonamides is 1. The first kappa shape index (κ1) is 17.2. The number of halogens is 1. The number of nitrogens with one attached hydrogen (secondary N) is 1. The number of hydrogen-bond acceptors (Lipinski definition) is 3. The van der Waals surface area contributed by atoms with Crippen LogP contribution in [0.5, 0.6) is 0 Å². The molecule has 0 aliphatic carbocycles. The molecule has 0 atom stereocenters. The van der Waals surface area contributed by atoms with Crippen LogP contribution in [0, 0.1) is 0 Å². The summed E-state index contributed by atoms with van der Waals surface area (Å²) in [7, 11) is -3.30. The number of rotatable bonds is 5. The van der Waals surface area contributed by atoms with Gasteiger partial charge in [-0.05, 0) is 31.0 Å².